The van der Waals surface area contributed by atoms with Gasteiger partial charge in [-0.15, -0.1) is 0 Å². The normalized spacial score (nSPS) is 10.8. The first-order chi connectivity index (χ1) is 17.0. The van der Waals surface area contributed by atoms with Gasteiger partial charge in [-0.2, -0.15) is 5.10 Å². The summed E-state index contributed by atoms with van der Waals surface area (Å²) in [5, 5.41) is 4.68. The molecule has 1 heterocycles. The average Bonchev–Trinajstić information content (AvgIpc) is 3.15. The van der Waals surface area contributed by atoms with Crippen molar-refractivity contribution >= 4 is 11.6 Å². The quantitative estimate of drug-likeness (QED) is 0.263. The first-order valence-corrected chi connectivity index (χ1v) is 11.9. The molecule has 0 saturated heterocycles. The lowest BCUT2D eigenvalue weighted by molar-refractivity contribution is 0.0981. The molecule has 0 bridgehead atoms. The number of ether oxygens (including phenoxy) is 1. The monoisotopic (exact) mass is 466 g/mol. The fourth-order valence-corrected chi connectivity index (χ4v) is 4.16. The third-order valence-electron chi connectivity index (χ3n) is 6.25. The SMILES string of the molecule is CCC(=O)c1ccccc1Cn1nc(C)c(CC(=O)c2ccc(COc3ccccc3)cc2)c1C. The number of hydrogen-bond donors (Lipinski definition) is 0. The highest BCUT2D eigenvalue weighted by Crippen LogP contribution is 2.20. The van der Waals surface area contributed by atoms with Crippen LogP contribution in [0.15, 0.2) is 78.9 Å². The van der Waals surface area contributed by atoms with Gasteiger partial charge < -0.3 is 4.74 Å². The number of nitrogens with zero attached hydrogens (tertiary/aromatic N) is 2. The van der Waals surface area contributed by atoms with Gasteiger partial charge in [-0.3, -0.25) is 14.3 Å². The molecule has 178 valence electrons. The molecule has 0 saturated carbocycles. The fraction of sp³-hybridized carbons (Fsp3) is 0.233. The third-order valence-corrected chi connectivity index (χ3v) is 6.25. The van der Waals surface area contributed by atoms with Crippen molar-refractivity contribution in [1.29, 1.82) is 0 Å². The number of ketones is 2. The Morgan fingerprint density at radius 1 is 0.857 bits per heavy atom. The molecule has 5 heteroatoms. The zero-order valence-corrected chi connectivity index (χ0v) is 20.5. The van der Waals surface area contributed by atoms with E-state index in [0.29, 0.717) is 25.1 Å². The average molecular weight is 467 g/mol. The van der Waals surface area contributed by atoms with Crippen LogP contribution in [0, 0.1) is 13.8 Å². The van der Waals surface area contributed by atoms with E-state index in [9.17, 15) is 9.59 Å². The van der Waals surface area contributed by atoms with Crippen LogP contribution < -0.4 is 4.74 Å². The Balaban J connectivity index is 1.44. The molecule has 0 aliphatic carbocycles. The van der Waals surface area contributed by atoms with E-state index in [1.165, 1.54) is 0 Å². The number of aromatic nitrogens is 2. The van der Waals surface area contributed by atoms with Gasteiger partial charge in [-0.25, -0.2) is 0 Å². The molecule has 4 rings (SSSR count). The number of benzene rings is 3. The van der Waals surface area contributed by atoms with Crippen LogP contribution in [0.2, 0.25) is 0 Å². The van der Waals surface area contributed by atoms with Gasteiger partial charge >= 0.3 is 0 Å². The second-order valence-corrected chi connectivity index (χ2v) is 8.64. The Labute approximate surface area is 206 Å². The zero-order valence-electron chi connectivity index (χ0n) is 20.5. The van der Waals surface area contributed by atoms with Crippen LogP contribution in [0.25, 0.3) is 0 Å². The van der Waals surface area contributed by atoms with Crippen LogP contribution in [-0.4, -0.2) is 21.3 Å². The first-order valence-electron chi connectivity index (χ1n) is 11.9. The fourth-order valence-electron chi connectivity index (χ4n) is 4.16. The van der Waals surface area contributed by atoms with Gasteiger partial charge in [0.05, 0.1) is 12.2 Å². The number of para-hydroxylation sites is 1. The summed E-state index contributed by atoms with van der Waals surface area (Å²) in [5.41, 5.74) is 6.06. The molecule has 0 aliphatic heterocycles. The molecule has 0 N–H and O–H groups in total. The van der Waals surface area contributed by atoms with E-state index in [2.05, 4.69) is 5.10 Å². The van der Waals surface area contributed by atoms with Crippen LogP contribution in [-0.2, 0) is 19.6 Å². The Bertz CT molecular complexity index is 1320. The summed E-state index contributed by atoms with van der Waals surface area (Å²) in [7, 11) is 0. The molecular formula is C30H30N2O3. The van der Waals surface area contributed by atoms with Gasteiger partial charge in [0, 0.05) is 35.2 Å². The van der Waals surface area contributed by atoms with E-state index in [0.717, 1.165) is 39.4 Å². The van der Waals surface area contributed by atoms with Gasteiger partial charge in [-0.05, 0) is 37.1 Å². The van der Waals surface area contributed by atoms with E-state index in [1.807, 2.05) is 104 Å². The Hall–Kier alpha value is -3.99. The minimum absolute atomic E-state index is 0.0489. The largest absolute Gasteiger partial charge is 0.489 e. The van der Waals surface area contributed by atoms with Crippen LogP contribution >= 0.6 is 0 Å². The van der Waals surface area contributed by atoms with Crippen molar-refractivity contribution in [2.24, 2.45) is 0 Å². The summed E-state index contributed by atoms with van der Waals surface area (Å²) < 4.78 is 7.68. The second-order valence-electron chi connectivity index (χ2n) is 8.64. The van der Waals surface area contributed by atoms with E-state index < -0.39 is 0 Å². The van der Waals surface area contributed by atoms with Gasteiger partial charge in [-0.1, -0.05) is 73.7 Å². The zero-order chi connectivity index (χ0) is 24.8. The molecule has 0 aliphatic rings. The summed E-state index contributed by atoms with van der Waals surface area (Å²) in [6.45, 7) is 6.73. The maximum atomic E-state index is 13.0. The number of hydrogen-bond acceptors (Lipinski definition) is 4. The standard InChI is InChI=1S/C30H30N2O3/c1-4-29(33)27-13-9-8-10-25(27)19-32-22(3)28(21(2)31-32)18-30(34)24-16-14-23(15-17-24)20-35-26-11-6-5-7-12-26/h5-17H,4,18-20H2,1-3H3. The van der Waals surface area contributed by atoms with Gasteiger partial charge in [0.15, 0.2) is 11.6 Å². The molecule has 0 amide bonds. The molecule has 0 radical (unpaired) electrons. The summed E-state index contributed by atoms with van der Waals surface area (Å²) >= 11 is 0. The smallest absolute Gasteiger partial charge is 0.167 e. The highest BCUT2D eigenvalue weighted by atomic mass is 16.5. The molecule has 1 aromatic heterocycles. The molecule has 35 heavy (non-hydrogen) atoms. The molecule has 3 aromatic carbocycles. The second kappa shape index (κ2) is 11.0. The molecule has 4 aromatic rings. The number of carbonyl (C=O) groups is 2. The van der Waals surface area contributed by atoms with Crippen LogP contribution in [0.3, 0.4) is 0 Å². The maximum absolute atomic E-state index is 13.0. The molecule has 0 atom stereocenters. The van der Waals surface area contributed by atoms with Gasteiger partial charge in [0.2, 0.25) is 0 Å². The molecule has 0 unspecified atom stereocenters. The van der Waals surface area contributed by atoms with E-state index >= 15 is 0 Å². The van der Waals surface area contributed by atoms with E-state index in [4.69, 9.17) is 4.74 Å². The summed E-state index contributed by atoms with van der Waals surface area (Å²) in [6, 6.07) is 24.9. The van der Waals surface area contributed by atoms with Crippen molar-refractivity contribution in [2.75, 3.05) is 0 Å². The number of carbonyl (C=O) groups excluding carboxylic acids is 2. The predicted molar refractivity (Wildman–Crippen MR) is 137 cm³/mol. The topological polar surface area (TPSA) is 61.2 Å². The Morgan fingerprint density at radius 2 is 1.54 bits per heavy atom. The highest BCUT2D eigenvalue weighted by Gasteiger charge is 2.18. The minimum atomic E-state index is 0.0489. The summed E-state index contributed by atoms with van der Waals surface area (Å²) in [5.74, 6) is 0.986. The van der Waals surface area contributed by atoms with Gasteiger partial charge in [0.1, 0.15) is 12.4 Å². The van der Waals surface area contributed by atoms with E-state index in [-0.39, 0.29) is 18.0 Å². The molecule has 0 spiro atoms. The van der Waals surface area contributed by atoms with Crippen LogP contribution in [0.1, 0.15) is 62.1 Å². The van der Waals surface area contributed by atoms with Crippen molar-refractivity contribution in [3.05, 3.63) is 118 Å². The number of aryl methyl sites for hydroxylation is 1. The predicted octanol–water partition coefficient (Wildman–Crippen LogP) is 6.15. The first kappa shape index (κ1) is 24.1. The van der Waals surface area contributed by atoms with Crippen molar-refractivity contribution < 1.29 is 14.3 Å². The Morgan fingerprint density at radius 3 is 2.26 bits per heavy atom. The third kappa shape index (κ3) is 5.75. The lowest BCUT2D eigenvalue weighted by Crippen LogP contribution is -2.10. The van der Waals surface area contributed by atoms with Crippen molar-refractivity contribution in [3.63, 3.8) is 0 Å². The number of Topliss-reactive ketones (excluding diaryl/α,β-unsaturated/α-hetero) is 2. The molecule has 0 fully saturated rings. The summed E-state index contributed by atoms with van der Waals surface area (Å²) in [4.78, 5) is 25.4. The lowest BCUT2D eigenvalue weighted by atomic mass is 10.0. The maximum Gasteiger partial charge on any atom is 0.167 e. The lowest BCUT2D eigenvalue weighted by Gasteiger charge is -2.10. The number of rotatable bonds is 10. The van der Waals surface area contributed by atoms with Crippen LogP contribution in [0.5, 0.6) is 5.75 Å². The highest BCUT2D eigenvalue weighted by molar-refractivity contribution is 5.98. The van der Waals surface area contributed by atoms with Gasteiger partial charge in [0.25, 0.3) is 0 Å². The van der Waals surface area contributed by atoms with Crippen LogP contribution in [0.4, 0.5) is 0 Å². The van der Waals surface area contributed by atoms with E-state index in [1.54, 1.807) is 0 Å². The molecular weight excluding hydrogens is 436 g/mol. The van der Waals surface area contributed by atoms with Crippen molar-refractivity contribution in [3.8, 4) is 5.75 Å². The summed E-state index contributed by atoms with van der Waals surface area (Å²) in [6.07, 6.45) is 0.748. The molecule has 5 nitrogen and oxygen atoms in total. The van der Waals surface area contributed by atoms with Crippen molar-refractivity contribution in [1.82, 2.24) is 9.78 Å². The minimum Gasteiger partial charge on any atom is -0.489 e. The Kier molecular flexibility index (Phi) is 7.56. The van der Waals surface area contributed by atoms with Crippen molar-refractivity contribution in [2.45, 2.75) is 46.8 Å².